The minimum Gasteiger partial charge on any atom is -0.481 e. The Labute approximate surface area is 151 Å². The van der Waals surface area contributed by atoms with Crippen LogP contribution >= 0.6 is 11.3 Å². The molecule has 2 heterocycles. The number of hydrogen-bond acceptors (Lipinski definition) is 3. The van der Waals surface area contributed by atoms with Crippen molar-refractivity contribution in [3.63, 3.8) is 0 Å². The van der Waals surface area contributed by atoms with Crippen molar-refractivity contribution in [3.8, 4) is 0 Å². The first-order valence-electron chi connectivity index (χ1n) is 8.81. The van der Waals surface area contributed by atoms with Gasteiger partial charge >= 0.3 is 5.97 Å². The lowest BCUT2D eigenvalue weighted by Crippen LogP contribution is -2.30. The van der Waals surface area contributed by atoms with E-state index in [0.29, 0.717) is 13.1 Å². The fraction of sp³-hybridized carbons (Fsp3) is 0.400. The summed E-state index contributed by atoms with van der Waals surface area (Å²) in [6.45, 7) is 0.767. The monoisotopic (exact) mass is 355 g/mol. The van der Waals surface area contributed by atoms with Crippen LogP contribution in [0.15, 0.2) is 35.7 Å². The Kier molecular flexibility index (Phi) is 4.34. The quantitative estimate of drug-likeness (QED) is 0.916. The molecule has 2 aromatic rings. The number of fused-ring (bicyclic) bond motifs is 1. The van der Waals surface area contributed by atoms with Crippen LogP contribution < -0.4 is 0 Å². The summed E-state index contributed by atoms with van der Waals surface area (Å²) >= 11 is 1.68. The smallest absolute Gasteiger partial charge is 0.308 e. The number of aliphatic carboxylic acids is 1. The summed E-state index contributed by atoms with van der Waals surface area (Å²) in [5, 5.41) is 11.6. The maximum absolute atomic E-state index is 13.1. The number of thiophene rings is 1. The number of carboxylic acids is 1. The summed E-state index contributed by atoms with van der Waals surface area (Å²) in [4.78, 5) is 27.9. The lowest BCUT2D eigenvalue weighted by atomic mass is 9.89. The van der Waals surface area contributed by atoms with Gasteiger partial charge < -0.3 is 10.0 Å². The van der Waals surface area contributed by atoms with Gasteiger partial charge in [-0.15, -0.1) is 11.3 Å². The molecule has 1 fully saturated rings. The van der Waals surface area contributed by atoms with E-state index in [1.807, 2.05) is 35.7 Å². The van der Waals surface area contributed by atoms with Crippen LogP contribution in [0.4, 0.5) is 0 Å². The molecule has 1 saturated heterocycles. The number of nitrogens with zero attached hydrogens (tertiary/aromatic N) is 1. The van der Waals surface area contributed by atoms with E-state index in [2.05, 4.69) is 0 Å². The minimum absolute atomic E-state index is 0.00378. The molecule has 1 aliphatic carbocycles. The molecule has 5 heteroatoms. The van der Waals surface area contributed by atoms with Crippen LogP contribution in [0.25, 0.3) is 0 Å². The van der Waals surface area contributed by atoms with Gasteiger partial charge in [-0.25, -0.2) is 0 Å². The van der Waals surface area contributed by atoms with Crippen molar-refractivity contribution in [3.05, 3.63) is 57.3 Å². The number of carbonyl (C=O) groups is 2. The van der Waals surface area contributed by atoms with E-state index >= 15 is 0 Å². The van der Waals surface area contributed by atoms with Crippen LogP contribution in [0, 0.1) is 5.92 Å². The van der Waals surface area contributed by atoms with Gasteiger partial charge in [-0.3, -0.25) is 9.59 Å². The van der Waals surface area contributed by atoms with E-state index in [9.17, 15) is 14.7 Å². The number of carboxylic acid groups (broad SMARTS) is 1. The highest BCUT2D eigenvalue weighted by atomic mass is 32.1. The Morgan fingerprint density at radius 2 is 1.84 bits per heavy atom. The van der Waals surface area contributed by atoms with Crippen molar-refractivity contribution in [1.29, 1.82) is 0 Å². The molecule has 130 valence electrons. The van der Waals surface area contributed by atoms with Crippen LogP contribution in [-0.2, 0) is 17.6 Å². The summed E-state index contributed by atoms with van der Waals surface area (Å²) in [5.41, 5.74) is 3.01. The lowest BCUT2D eigenvalue weighted by molar-refractivity contribution is -0.141. The van der Waals surface area contributed by atoms with Gasteiger partial charge in [0.15, 0.2) is 0 Å². The van der Waals surface area contributed by atoms with Gasteiger partial charge in [-0.05, 0) is 36.8 Å². The van der Waals surface area contributed by atoms with E-state index in [-0.39, 0.29) is 11.8 Å². The molecule has 2 unspecified atom stereocenters. The molecular formula is C20H21NO3S. The maximum atomic E-state index is 13.1. The predicted octanol–water partition coefficient (Wildman–Crippen LogP) is 3.57. The molecular weight excluding hydrogens is 334 g/mol. The second kappa shape index (κ2) is 6.64. The highest BCUT2D eigenvalue weighted by molar-refractivity contribution is 7.10. The molecule has 0 radical (unpaired) electrons. The van der Waals surface area contributed by atoms with Gasteiger partial charge in [0.25, 0.3) is 5.91 Å². The third-order valence-corrected chi connectivity index (χ3v) is 6.53. The number of rotatable bonds is 3. The second-order valence-corrected chi connectivity index (χ2v) is 7.89. The first-order valence-corrected chi connectivity index (χ1v) is 9.69. The van der Waals surface area contributed by atoms with Crippen LogP contribution in [0.3, 0.4) is 0 Å². The second-order valence-electron chi connectivity index (χ2n) is 6.93. The summed E-state index contributed by atoms with van der Waals surface area (Å²) < 4.78 is 0. The van der Waals surface area contributed by atoms with Crippen molar-refractivity contribution < 1.29 is 14.7 Å². The van der Waals surface area contributed by atoms with E-state index in [4.69, 9.17) is 0 Å². The molecule has 1 aromatic heterocycles. The average Bonchev–Trinajstić information content (AvgIpc) is 3.27. The average molecular weight is 355 g/mol. The zero-order chi connectivity index (χ0) is 17.4. The molecule has 1 aliphatic heterocycles. The zero-order valence-corrected chi connectivity index (χ0v) is 14.8. The number of likely N-dealkylation sites (tertiary alicyclic amines) is 1. The SMILES string of the molecule is O=C(O)C1CN(C(=O)c2csc3c2CCCC3)CC1c1ccccc1. The minimum atomic E-state index is -0.823. The van der Waals surface area contributed by atoms with Crippen LogP contribution in [-0.4, -0.2) is 35.0 Å². The third-order valence-electron chi connectivity index (χ3n) is 5.44. The number of carbonyl (C=O) groups excluding carboxylic acids is 1. The lowest BCUT2D eigenvalue weighted by Gasteiger charge is -2.18. The fourth-order valence-electron chi connectivity index (χ4n) is 4.10. The molecule has 1 N–H and O–H groups in total. The van der Waals surface area contributed by atoms with E-state index in [0.717, 1.165) is 30.4 Å². The normalized spacial score (nSPS) is 22.6. The van der Waals surface area contributed by atoms with E-state index < -0.39 is 11.9 Å². The first-order chi connectivity index (χ1) is 12.1. The van der Waals surface area contributed by atoms with Crippen LogP contribution in [0.2, 0.25) is 0 Å². The Hall–Kier alpha value is -2.14. The fourth-order valence-corrected chi connectivity index (χ4v) is 5.22. The number of amides is 1. The third kappa shape index (κ3) is 2.97. The Morgan fingerprint density at radius 3 is 2.60 bits per heavy atom. The molecule has 0 saturated carbocycles. The molecule has 0 bridgehead atoms. The molecule has 0 spiro atoms. The molecule has 2 aliphatic rings. The molecule has 4 rings (SSSR count). The van der Waals surface area contributed by atoms with Crippen molar-refractivity contribution in [1.82, 2.24) is 4.90 Å². The highest BCUT2D eigenvalue weighted by Gasteiger charge is 2.41. The van der Waals surface area contributed by atoms with Crippen molar-refractivity contribution in [2.24, 2.45) is 5.92 Å². The van der Waals surface area contributed by atoms with Crippen LogP contribution in [0.1, 0.15) is 45.1 Å². The van der Waals surface area contributed by atoms with Gasteiger partial charge in [0.1, 0.15) is 0 Å². The van der Waals surface area contributed by atoms with Gasteiger partial charge in [0, 0.05) is 29.3 Å². The number of benzene rings is 1. The van der Waals surface area contributed by atoms with Gasteiger partial charge in [0.05, 0.1) is 11.5 Å². The Balaban J connectivity index is 1.60. The maximum Gasteiger partial charge on any atom is 0.308 e. The van der Waals surface area contributed by atoms with Crippen molar-refractivity contribution in [2.45, 2.75) is 31.6 Å². The molecule has 25 heavy (non-hydrogen) atoms. The molecule has 1 aromatic carbocycles. The summed E-state index contributed by atoms with van der Waals surface area (Å²) in [6, 6.07) is 9.69. The predicted molar refractivity (Wildman–Crippen MR) is 97.2 cm³/mol. The van der Waals surface area contributed by atoms with Crippen molar-refractivity contribution in [2.75, 3.05) is 13.1 Å². The Morgan fingerprint density at radius 1 is 1.08 bits per heavy atom. The standard InChI is InChI=1S/C20H21NO3S/c22-19(17-12-25-18-9-5-4-8-14(17)18)21-10-15(16(11-21)20(23)24)13-6-2-1-3-7-13/h1-3,6-7,12,15-16H,4-5,8-11H2,(H,23,24). The zero-order valence-electron chi connectivity index (χ0n) is 14.0. The molecule has 2 atom stereocenters. The molecule has 1 amide bonds. The van der Waals surface area contributed by atoms with E-state index in [1.165, 1.54) is 16.9 Å². The van der Waals surface area contributed by atoms with Crippen LogP contribution in [0.5, 0.6) is 0 Å². The summed E-state index contributed by atoms with van der Waals surface area (Å²) in [7, 11) is 0. The Bertz CT molecular complexity index is 799. The topological polar surface area (TPSA) is 57.6 Å². The van der Waals surface area contributed by atoms with Gasteiger partial charge in [-0.1, -0.05) is 30.3 Å². The number of aryl methyl sites for hydroxylation is 1. The highest BCUT2D eigenvalue weighted by Crippen LogP contribution is 2.36. The van der Waals surface area contributed by atoms with E-state index in [1.54, 1.807) is 16.2 Å². The first kappa shape index (κ1) is 16.3. The summed E-state index contributed by atoms with van der Waals surface area (Å²) in [5.74, 6) is -1.50. The summed E-state index contributed by atoms with van der Waals surface area (Å²) in [6.07, 6.45) is 4.37. The largest absolute Gasteiger partial charge is 0.481 e. The van der Waals surface area contributed by atoms with Gasteiger partial charge in [0.2, 0.25) is 0 Å². The van der Waals surface area contributed by atoms with Gasteiger partial charge in [-0.2, -0.15) is 0 Å². The number of hydrogen-bond donors (Lipinski definition) is 1. The molecule has 4 nitrogen and oxygen atoms in total. The van der Waals surface area contributed by atoms with Crippen molar-refractivity contribution >= 4 is 23.2 Å².